The molecule has 98 valence electrons. The van der Waals surface area contributed by atoms with Gasteiger partial charge in [0.2, 0.25) is 0 Å². The molecule has 0 aliphatic heterocycles. The van der Waals surface area contributed by atoms with Crippen LogP contribution < -0.4 is 4.90 Å². The van der Waals surface area contributed by atoms with E-state index in [9.17, 15) is 14.9 Å². The largest absolute Gasteiger partial charge is 0.468 e. The third-order valence-electron chi connectivity index (χ3n) is 2.51. The maximum absolute atomic E-state index is 11.2. The molecule has 1 aromatic heterocycles. The minimum absolute atomic E-state index is 0.0108. The number of nitro groups is 1. The van der Waals surface area contributed by atoms with Gasteiger partial charge < -0.3 is 9.64 Å². The average molecular weight is 253 g/mol. The Labute approximate surface area is 105 Å². The van der Waals surface area contributed by atoms with Crippen LogP contribution in [0.15, 0.2) is 12.3 Å². The van der Waals surface area contributed by atoms with E-state index in [4.69, 9.17) is 0 Å². The number of pyridine rings is 1. The minimum Gasteiger partial charge on any atom is -0.468 e. The van der Waals surface area contributed by atoms with Crippen molar-refractivity contribution in [3.8, 4) is 0 Å². The highest BCUT2D eigenvalue weighted by molar-refractivity contribution is 5.75. The Bertz CT molecular complexity index is 462. The molecule has 0 amide bonds. The van der Waals surface area contributed by atoms with Gasteiger partial charge in [0.05, 0.1) is 18.1 Å². The number of carbonyl (C=O) groups excluding carboxylic acids is 1. The monoisotopic (exact) mass is 253 g/mol. The Balaban J connectivity index is 3.03. The van der Waals surface area contributed by atoms with Crippen LogP contribution in [0, 0.1) is 17.0 Å². The summed E-state index contributed by atoms with van der Waals surface area (Å²) in [4.78, 5) is 27.3. The quantitative estimate of drug-likeness (QED) is 0.446. The van der Waals surface area contributed by atoms with Crippen LogP contribution in [0.3, 0.4) is 0 Å². The van der Waals surface area contributed by atoms with Crippen molar-refractivity contribution in [1.29, 1.82) is 0 Å². The molecule has 1 heterocycles. The lowest BCUT2D eigenvalue weighted by molar-refractivity contribution is -0.385. The van der Waals surface area contributed by atoms with Gasteiger partial charge in [0.1, 0.15) is 12.4 Å². The summed E-state index contributed by atoms with van der Waals surface area (Å²) in [6, 6.07) is 1.36. The SMILES string of the molecule is CCN(CC(=O)OC)c1cc([N+](=O)[O-])c(C)cn1. The molecular weight excluding hydrogens is 238 g/mol. The van der Waals surface area contributed by atoms with Gasteiger partial charge in [-0.1, -0.05) is 0 Å². The molecule has 0 aliphatic carbocycles. The molecule has 0 bridgehead atoms. The van der Waals surface area contributed by atoms with E-state index in [1.807, 2.05) is 6.92 Å². The van der Waals surface area contributed by atoms with Crippen LogP contribution in [0.4, 0.5) is 11.5 Å². The number of hydrogen-bond donors (Lipinski definition) is 0. The molecule has 0 aliphatic rings. The van der Waals surface area contributed by atoms with E-state index >= 15 is 0 Å². The molecule has 0 N–H and O–H groups in total. The third-order valence-corrected chi connectivity index (χ3v) is 2.51. The number of rotatable bonds is 5. The van der Waals surface area contributed by atoms with Crippen molar-refractivity contribution in [1.82, 2.24) is 4.98 Å². The van der Waals surface area contributed by atoms with E-state index < -0.39 is 10.9 Å². The molecule has 1 rings (SSSR count). The second-order valence-corrected chi connectivity index (χ2v) is 3.68. The molecule has 0 fully saturated rings. The summed E-state index contributed by atoms with van der Waals surface area (Å²) >= 11 is 0. The van der Waals surface area contributed by atoms with E-state index in [2.05, 4.69) is 9.72 Å². The van der Waals surface area contributed by atoms with Crippen molar-refractivity contribution in [3.05, 3.63) is 27.9 Å². The van der Waals surface area contributed by atoms with E-state index in [-0.39, 0.29) is 12.2 Å². The molecule has 0 atom stereocenters. The molecule has 0 unspecified atom stereocenters. The predicted octanol–water partition coefficient (Wildman–Crippen LogP) is 1.30. The van der Waals surface area contributed by atoms with Crippen molar-refractivity contribution in [2.75, 3.05) is 25.1 Å². The van der Waals surface area contributed by atoms with E-state index in [1.54, 1.807) is 11.8 Å². The van der Waals surface area contributed by atoms with Crippen LogP contribution >= 0.6 is 0 Å². The van der Waals surface area contributed by atoms with Gasteiger partial charge in [-0.3, -0.25) is 14.9 Å². The standard InChI is InChI=1S/C11H15N3O4/c1-4-13(7-11(15)18-3)10-5-9(14(16)17)8(2)6-12-10/h5-6H,4,7H2,1-3H3. The van der Waals surface area contributed by atoms with Crippen LogP contribution in [-0.2, 0) is 9.53 Å². The first-order valence-electron chi connectivity index (χ1n) is 5.42. The van der Waals surface area contributed by atoms with E-state index in [0.29, 0.717) is 17.9 Å². The number of carbonyl (C=O) groups is 1. The third kappa shape index (κ3) is 3.16. The summed E-state index contributed by atoms with van der Waals surface area (Å²) in [6.07, 6.45) is 1.42. The molecule has 18 heavy (non-hydrogen) atoms. The second kappa shape index (κ2) is 5.95. The fourth-order valence-electron chi connectivity index (χ4n) is 1.45. The average Bonchev–Trinajstić information content (AvgIpc) is 2.36. The van der Waals surface area contributed by atoms with Crippen molar-refractivity contribution in [3.63, 3.8) is 0 Å². The number of aromatic nitrogens is 1. The van der Waals surface area contributed by atoms with Crippen LogP contribution in [0.25, 0.3) is 0 Å². The predicted molar refractivity (Wildman–Crippen MR) is 65.5 cm³/mol. The Kier molecular flexibility index (Phi) is 4.59. The molecule has 0 saturated carbocycles. The Morgan fingerprint density at radius 2 is 2.28 bits per heavy atom. The zero-order valence-corrected chi connectivity index (χ0v) is 10.5. The van der Waals surface area contributed by atoms with Crippen molar-refractivity contribution in [2.45, 2.75) is 13.8 Å². The number of hydrogen-bond acceptors (Lipinski definition) is 6. The first-order valence-corrected chi connectivity index (χ1v) is 5.42. The number of methoxy groups -OCH3 is 1. The molecule has 0 aromatic carbocycles. The normalized spacial score (nSPS) is 9.94. The van der Waals surface area contributed by atoms with Gasteiger partial charge in [-0.15, -0.1) is 0 Å². The number of likely N-dealkylation sites (N-methyl/N-ethyl adjacent to an activating group) is 1. The number of esters is 1. The zero-order chi connectivity index (χ0) is 13.7. The fourth-order valence-corrected chi connectivity index (χ4v) is 1.45. The van der Waals surface area contributed by atoms with E-state index in [0.717, 1.165) is 0 Å². The van der Waals surface area contributed by atoms with Gasteiger partial charge in [0, 0.05) is 18.3 Å². The molecule has 0 spiro atoms. The van der Waals surface area contributed by atoms with Crippen molar-refractivity contribution >= 4 is 17.5 Å². The topological polar surface area (TPSA) is 85.6 Å². The summed E-state index contributed by atoms with van der Waals surface area (Å²) in [5.41, 5.74) is 0.473. The lowest BCUT2D eigenvalue weighted by Crippen LogP contribution is -2.31. The van der Waals surface area contributed by atoms with Gasteiger partial charge >= 0.3 is 5.97 Å². The number of nitrogens with zero attached hydrogens (tertiary/aromatic N) is 3. The van der Waals surface area contributed by atoms with Gasteiger partial charge in [-0.25, -0.2) is 4.98 Å². The summed E-state index contributed by atoms with van der Waals surface area (Å²) in [6.45, 7) is 3.96. The Morgan fingerprint density at radius 1 is 1.61 bits per heavy atom. The van der Waals surface area contributed by atoms with Gasteiger partial charge in [-0.2, -0.15) is 0 Å². The highest BCUT2D eigenvalue weighted by atomic mass is 16.6. The lowest BCUT2D eigenvalue weighted by Gasteiger charge is -2.20. The molecule has 1 aromatic rings. The van der Waals surface area contributed by atoms with Crippen molar-refractivity contribution in [2.24, 2.45) is 0 Å². The van der Waals surface area contributed by atoms with Crippen molar-refractivity contribution < 1.29 is 14.5 Å². The van der Waals surface area contributed by atoms with Crippen LogP contribution in [0.2, 0.25) is 0 Å². The van der Waals surface area contributed by atoms with Gasteiger partial charge in [-0.05, 0) is 13.8 Å². The Hall–Kier alpha value is -2.18. The summed E-state index contributed by atoms with van der Waals surface area (Å²) in [7, 11) is 1.29. The fraction of sp³-hybridized carbons (Fsp3) is 0.455. The maximum Gasteiger partial charge on any atom is 0.325 e. The summed E-state index contributed by atoms with van der Waals surface area (Å²) in [5.74, 6) is -0.0259. The number of ether oxygens (including phenoxy) is 1. The highest BCUT2D eigenvalue weighted by Gasteiger charge is 2.17. The zero-order valence-electron chi connectivity index (χ0n) is 10.5. The minimum atomic E-state index is -0.466. The smallest absolute Gasteiger partial charge is 0.325 e. The highest BCUT2D eigenvalue weighted by Crippen LogP contribution is 2.22. The van der Waals surface area contributed by atoms with E-state index in [1.165, 1.54) is 19.4 Å². The summed E-state index contributed by atoms with van der Waals surface area (Å²) < 4.78 is 4.56. The first kappa shape index (κ1) is 13.9. The van der Waals surface area contributed by atoms with Crippen LogP contribution in [-0.4, -0.2) is 36.1 Å². The first-order chi connectivity index (χ1) is 8.49. The number of aryl methyl sites for hydroxylation is 1. The summed E-state index contributed by atoms with van der Waals surface area (Å²) in [5, 5.41) is 10.8. The molecule has 7 heteroatoms. The Morgan fingerprint density at radius 3 is 2.78 bits per heavy atom. The molecule has 7 nitrogen and oxygen atoms in total. The maximum atomic E-state index is 11.2. The van der Waals surface area contributed by atoms with Crippen LogP contribution in [0.5, 0.6) is 0 Å². The lowest BCUT2D eigenvalue weighted by atomic mass is 10.2. The van der Waals surface area contributed by atoms with Crippen LogP contribution in [0.1, 0.15) is 12.5 Å². The molecule has 0 radical (unpaired) electrons. The van der Waals surface area contributed by atoms with Gasteiger partial charge in [0.15, 0.2) is 0 Å². The van der Waals surface area contributed by atoms with Gasteiger partial charge in [0.25, 0.3) is 5.69 Å². The number of anilines is 1. The second-order valence-electron chi connectivity index (χ2n) is 3.68. The molecular formula is C11H15N3O4. The molecule has 0 saturated heterocycles.